The average Bonchev–Trinajstić information content (AvgIpc) is 2.40. The van der Waals surface area contributed by atoms with Gasteiger partial charge in [-0.3, -0.25) is 0 Å². The van der Waals surface area contributed by atoms with E-state index < -0.39 is 11.9 Å². The molecule has 2 aromatic rings. The van der Waals surface area contributed by atoms with E-state index in [4.69, 9.17) is 17.3 Å². The molecule has 2 aromatic heterocycles. The lowest BCUT2D eigenvalue weighted by molar-refractivity contribution is -0.141. The molecule has 20 heavy (non-hydrogen) atoms. The topological polar surface area (TPSA) is 51.8 Å². The summed E-state index contributed by atoms with van der Waals surface area (Å²) in [6, 6.07) is 5.46. The van der Waals surface area contributed by atoms with Crippen molar-refractivity contribution >= 4 is 23.4 Å². The fourth-order valence-corrected chi connectivity index (χ4v) is 2.53. The molecule has 0 bridgehead atoms. The van der Waals surface area contributed by atoms with Crippen LogP contribution in [0.1, 0.15) is 11.3 Å². The van der Waals surface area contributed by atoms with Crippen molar-refractivity contribution in [3.05, 3.63) is 46.7 Å². The van der Waals surface area contributed by atoms with E-state index in [1.165, 1.54) is 12.3 Å². The summed E-state index contributed by atoms with van der Waals surface area (Å²) in [5.74, 6) is 0. The number of nitrogens with zero attached hydrogens (tertiary/aromatic N) is 2. The number of halogens is 4. The summed E-state index contributed by atoms with van der Waals surface area (Å²) in [5, 5.41) is 0.887. The van der Waals surface area contributed by atoms with E-state index in [1.807, 2.05) is 0 Å². The molecule has 0 amide bonds. The molecule has 2 heterocycles. The predicted octanol–water partition coefficient (Wildman–Crippen LogP) is 3.76. The normalized spacial score (nSPS) is 11.7. The summed E-state index contributed by atoms with van der Waals surface area (Å²) in [5.41, 5.74) is 5.05. The molecule has 0 spiro atoms. The molecule has 0 radical (unpaired) electrons. The molecular weight excluding hydrogens is 311 g/mol. The van der Waals surface area contributed by atoms with Crippen LogP contribution in [0.25, 0.3) is 0 Å². The van der Waals surface area contributed by atoms with Crippen molar-refractivity contribution in [1.29, 1.82) is 0 Å². The zero-order valence-electron chi connectivity index (χ0n) is 9.99. The number of pyridine rings is 2. The first kappa shape index (κ1) is 15.1. The van der Waals surface area contributed by atoms with Gasteiger partial charge in [-0.1, -0.05) is 17.7 Å². The lowest BCUT2D eigenvalue weighted by Gasteiger charge is -2.11. The maximum Gasteiger partial charge on any atom is 0.433 e. The molecule has 0 atom stereocenters. The van der Waals surface area contributed by atoms with Crippen molar-refractivity contribution in [3.63, 3.8) is 0 Å². The van der Waals surface area contributed by atoms with Gasteiger partial charge in [-0.25, -0.2) is 9.97 Å². The van der Waals surface area contributed by atoms with Crippen LogP contribution in [0, 0.1) is 0 Å². The van der Waals surface area contributed by atoms with Gasteiger partial charge in [0, 0.05) is 12.7 Å². The standard InChI is InChI=1S/C12H9ClF3N3S/c13-8-2-1-5-18-11(8)20-10-7(6-17)3-4-9(19-10)12(14,15)16/h1-5H,6,17H2. The SMILES string of the molecule is NCc1ccc(C(F)(F)F)nc1Sc1ncccc1Cl. The number of hydrogen-bond donors (Lipinski definition) is 1. The Balaban J connectivity index is 2.42. The van der Waals surface area contributed by atoms with Gasteiger partial charge in [0.1, 0.15) is 15.7 Å². The minimum Gasteiger partial charge on any atom is -0.326 e. The van der Waals surface area contributed by atoms with Gasteiger partial charge in [0.05, 0.1) is 5.02 Å². The van der Waals surface area contributed by atoms with Crippen LogP contribution in [-0.2, 0) is 12.7 Å². The number of nitrogens with two attached hydrogens (primary N) is 1. The van der Waals surface area contributed by atoms with Crippen molar-refractivity contribution in [2.45, 2.75) is 22.8 Å². The largest absolute Gasteiger partial charge is 0.433 e. The third-order valence-corrected chi connectivity index (χ3v) is 3.85. The number of alkyl halides is 3. The summed E-state index contributed by atoms with van der Waals surface area (Å²) in [6.45, 7) is 0.0813. The Kier molecular flexibility index (Phi) is 4.52. The van der Waals surface area contributed by atoms with E-state index in [9.17, 15) is 13.2 Å². The van der Waals surface area contributed by atoms with Crippen LogP contribution in [0.2, 0.25) is 5.02 Å². The Bertz CT molecular complexity index is 619. The maximum atomic E-state index is 12.7. The Morgan fingerprint density at radius 2 is 1.95 bits per heavy atom. The quantitative estimate of drug-likeness (QED) is 0.936. The highest BCUT2D eigenvalue weighted by atomic mass is 35.5. The van der Waals surface area contributed by atoms with E-state index >= 15 is 0 Å². The zero-order valence-corrected chi connectivity index (χ0v) is 11.6. The van der Waals surface area contributed by atoms with Crippen molar-refractivity contribution in [2.24, 2.45) is 5.73 Å². The molecule has 8 heteroatoms. The molecule has 0 saturated heterocycles. The van der Waals surface area contributed by atoms with E-state index in [0.29, 0.717) is 15.6 Å². The average molecular weight is 320 g/mol. The smallest absolute Gasteiger partial charge is 0.326 e. The van der Waals surface area contributed by atoms with Crippen molar-refractivity contribution < 1.29 is 13.2 Å². The minimum atomic E-state index is -4.50. The molecule has 2 rings (SSSR count). The van der Waals surface area contributed by atoms with Crippen LogP contribution < -0.4 is 5.73 Å². The first-order chi connectivity index (χ1) is 9.41. The number of rotatable bonds is 3. The molecule has 0 aliphatic carbocycles. The molecule has 0 saturated carbocycles. The zero-order chi connectivity index (χ0) is 14.8. The summed E-state index contributed by atoms with van der Waals surface area (Å²) < 4.78 is 38.0. The van der Waals surface area contributed by atoms with Crippen LogP contribution in [0.15, 0.2) is 40.5 Å². The second-order valence-electron chi connectivity index (χ2n) is 3.76. The molecule has 0 unspecified atom stereocenters. The lowest BCUT2D eigenvalue weighted by atomic mass is 10.2. The maximum absolute atomic E-state index is 12.7. The van der Waals surface area contributed by atoms with Crippen LogP contribution in [-0.4, -0.2) is 9.97 Å². The van der Waals surface area contributed by atoms with E-state index in [2.05, 4.69) is 9.97 Å². The summed E-state index contributed by atoms with van der Waals surface area (Å²) in [4.78, 5) is 7.62. The van der Waals surface area contributed by atoms with E-state index in [0.717, 1.165) is 17.8 Å². The summed E-state index contributed by atoms with van der Waals surface area (Å²) in [6.07, 6.45) is -3.00. The molecule has 0 fully saturated rings. The summed E-state index contributed by atoms with van der Waals surface area (Å²) in [7, 11) is 0. The Hall–Kier alpha value is -1.31. The van der Waals surface area contributed by atoms with Crippen molar-refractivity contribution in [1.82, 2.24) is 9.97 Å². The molecule has 0 aliphatic heterocycles. The Labute approximate surface area is 122 Å². The molecule has 2 N–H and O–H groups in total. The number of hydrogen-bond acceptors (Lipinski definition) is 4. The highest BCUT2D eigenvalue weighted by Crippen LogP contribution is 2.35. The van der Waals surface area contributed by atoms with Gasteiger partial charge in [-0.05, 0) is 35.5 Å². The van der Waals surface area contributed by atoms with Crippen molar-refractivity contribution in [2.75, 3.05) is 0 Å². The van der Waals surface area contributed by atoms with Crippen LogP contribution >= 0.6 is 23.4 Å². The second kappa shape index (κ2) is 5.99. The third kappa shape index (κ3) is 3.41. The van der Waals surface area contributed by atoms with Gasteiger partial charge >= 0.3 is 6.18 Å². The van der Waals surface area contributed by atoms with Gasteiger partial charge in [0.15, 0.2) is 0 Å². The molecule has 106 valence electrons. The highest BCUT2D eigenvalue weighted by Gasteiger charge is 2.33. The number of aromatic nitrogens is 2. The van der Waals surface area contributed by atoms with E-state index in [-0.39, 0.29) is 11.6 Å². The fraction of sp³-hybridized carbons (Fsp3) is 0.167. The molecule has 3 nitrogen and oxygen atoms in total. The van der Waals surface area contributed by atoms with E-state index in [1.54, 1.807) is 12.1 Å². The first-order valence-corrected chi connectivity index (χ1v) is 6.67. The van der Waals surface area contributed by atoms with Gasteiger partial charge < -0.3 is 5.73 Å². The molecule has 0 aromatic carbocycles. The van der Waals surface area contributed by atoms with Crippen molar-refractivity contribution in [3.8, 4) is 0 Å². The third-order valence-electron chi connectivity index (χ3n) is 2.37. The molecular formula is C12H9ClF3N3S. The Morgan fingerprint density at radius 1 is 1.20 bits per heavy atom. The van der Waals surface area contributed by atoms with Gasteiger partial charge in [0.2, 0.25) is 0 Å². The summed E-state index contributed by atoms with van der Waals surface area (Å²) >= 11 is 6.90. The van der Waals surface area contributed by atoms with Gasteiger partial charge in [-0.2, -0.15) is 13.2 Å². The minimum absolute atomic E-state index is 0.0813. The van der Waals surface area contributed by atoms with Crippen LogP contribution in [0.5, 0.6) is 0 Å². The van der Waals surface area contributed by atoms with Crippen LogP contribution in [0.4, 0.5) is 13.2 Å². The first-order valence-electron chi connectivity index (χ1n) is 5.47. The van der Waals surface area contributed by atoms with Gasteiger partial charge in [0.25, 0.3) is 0 Å². The Morgan fingerprint density at radius 3 is 2.55 bits per heavy atom. The van der Waals surface area contributed by atoms with Gasteiger partial charge in [-0.15, -0.1) is 0 Å². The van der Waals surface area contributed by atoms with Crippen LogP contribution in [0.3, 0.4) is 0 Å². The highest BCUT2D eigenvalue weighted by molar-refractivity contribution is 7.99. The lowest BCUT2D eigenvalue weighted by Crippen LogP contribution is -2.10. The molecule has 0 aliphatic rings. The second-order valence-corrected chi connectivity index (χ2v) is 5.14. The fourth-order valence-electron chi connectivity index (χ4n) is 1.41. The predicted molar refractivity (Wildman–Crippen MR) is 70.5 cm³/mol. The monoisotopic (exact) mass is 319 g/mol.